The molecule has 0 fully saturated rings. The molecule has 0 radical (unpaired) electrons. The highest BCUT2D eigenvalue weighted by molar-refractivity contribution is 5.93. The molecule has 2 aromatic carbocycles. The van der Waals surface area contributed by atoms with Crippen LogP contribution in [0, 0.1) is 5.82 Å². The van der Waals surface area contributed by atoms with E-state index in [1.807, 2.05) is 29.9 Å². The van der Waals surface area contributed by atoms with Crippen molar-refractivity contribution < 1.29 is 9.13 Å². The van der Waals surface area contributed by atoms with E-state index in [-0.39, 0.29) is 5.75 Å². The van der Waals surface area contributed by atoms with Crippen LogP contribution in [0.2, 0.25) is 0 Å². The highest BCUT2D eigenvalue weighted by Gasteiger charge is 2.10. The van der Waals surface area contributed by atoms with Gasteiger partial charge in [0.2, 0.25) is 0 Å². The third kappa shape index (κ3) is 2.27. The van der Waals surface area contributed by atoms with E-state index in [4.69, 9.17) is 4.74 Å². The van der Waals surface area contributed by atoms with Crippen molar-refractivity contribution in [1.29, 1.82) is 0 Å². The van der Waals surface area contributed by atoms with E-state index in [0.29, 0.717) is 11.3 Å². The molecule has 0 saturated heterocycles. The number of rotatable bonds is 3. The summed E-state index contributed by atoms with van der Waals surface area (Å²) in [5.74, 6) is -0.211. The van der Waals surface area contributed by atoms with Crippen molar-refractivity contribution >= 4 is 21.9 Å². The summed E-state index contributed by atoms with van der Waals surface area (Å²) in [6.07, 6.45) is 3.48. The standard InChI is InChI=1S/C18H15FN4O/c1-3-23-17-8-15-14(7-12(17)9-21-23)20-10-16(22-15)11-4-5-18(24-2)13(19)6-11/h4-10H,3H2,1-2H3. The molecule has 0 saturated carbocycles. The van der Waals surface area contributed by atoms with E-state index < -0.39 is 5.82 Å². The number of methoxy groups -OCH3 is 1. The van der Waals surface area contributed by atoms with E-state index in [0.717, 1.165) is 28.5 Å². The first-order valence-corrected chi connectivity index (χ1v) is 7.66. The molecule has 24 heavy (non-hydrogen) atoms. The van der Waals surface area contributed by atoms with Crippen LogP contribution in [0.3, 0.4) is 0 Å². The Morgan fingerprint density at radius 2 is 2.00 bits per heavy atom. The fourth-order valence-corrected chi connectivity index (χ4v) is 2.80. The molecule has 0 amide bonds. The number of hydrogen-bond donors (Lipinski definition) is 0. The second kappa shape index (κ2) is 5.56. The van der Waals surface area contributed by atoms with Crippen molar-refractivity contribution in [3.63, 3.8) is 0 Å². The number of halogens is 1. The van der Waals surface area contributed by atoms with Gasteiger partial charge in [-0.15, -0.1) is 0 Å². The Labute approximate surface area is 137 Å². The predicted octanol–water partition coefficient (Wildman–Crippen LogP) is 3.81. The maximum Gasteiger partial charge on any atom is 0.165 e. The van der Waals surface area contributed by atoms with E-state index >= 15 is 0 Å². The highest BCUT2D eigenvalue weighted by atomic mass is 19.1. The third-order valence-electron chi connectivity index (χ3n) is 4.05. The third-order valence-corrected chi connectivity index (χ3v) is 4.05. The van der Waals surface area contributed by atoms with Gasteiger partial charge in [-0.1, -0.05) is 0 Å². The molecular formula is C18H15FN4O. The van der Waals surface area contributed by atoms with Crippen LogP contribution in [-0.2, 0) is 6.54 Å². The van der Waals surface area contributed by atoms with Gasteiger partial charge in [0.05, 0.1) is 41.7 Å². The largest absolute Gasteiger partial charge is 0.494 e. The van der Waals surface area contributed by atoms with Crippen LogP contribution in [0.1, 0.15) is 6.92 Å². The van der Waals surface area contributed by atoms with Crippen LogP contribution < -0.4 is 4.74 Å². The lowest BCUT2D eigenvalue weighted by atomic mass is 10.1. The predicted molar refractivity (Wildman–Crippen MR) is 90.4 cm³/mol. The lowest BCUT2D eigenvalue weighted by molar-refractivity contribution is 0.386. The summed E-state index contributed by atoms with van der Waals surface area (Å²) >= 11 is 0. The minimum absolute atomic E-state index is 0.209. The smallest absolute Gasteiger partial charge is 0.165 e. The molecule has 0 atom stereocenters. The van der Waals surface area contributed by atoms with Crippen molar-refractivity contribution in [2.75, 3.05) is 7.11 Å². The van der Waals surface area contributed by atoms with E-state index in [1.165, 1.54) is 13.2 Å². The Morgan fingerprint density at radius 3 is 2.75 bits per heavy atom. The van der Waals surface area contributed by atoms with Crippen LogP contribution >= 0.6 is 0 Å². The average molecular weight is 322 g/mol. The van der Waals surface area contributed by atoms with Gasteiger partial charge in [-0.2, -0.15) is 5.10 Å². The van der Waals surface area contributed by atoms with Gasteiger partial charge in [-0.05, 0) is 37.3 Å². The number of hydrogen-bond acceptors (Lipinski definition) is 4. The number of benzene rings is 2. The molecule has 0 aliphatic carbocycles. The normalized spacial score (nSPS) is 11.3. The SMILES string of the molecule is CCn1ncc2cc3ncc(-c4ccc(OC)c(F)c4)nc3cc21. The van der Waals surface area contributed by atoms with Crippen molar-refractivity contribution in [3.05, 3.63) is 48.5 Å². The zero-order valence-electron chi connectivity index (χ0n) is 13.3. The Kier molecular flexibility index (Phi) is 3.37. The van der Waals surface area contributed by atoms with Crippen molar-refractivity contribution in [1.82, 2.24) is 19.7 Å². The zero-order valence-corrected chi connectivity index (χ0v) is 13.3. The molecule has 0 aliphatic heterocycles. The fraction of sp³-hybridized carbons (Fsp3) is 0.167. The number of fused-ring (bicyclic) bond motifs is 2. The molecular weight excluding hydrogens is 307 g/mol. The molecule has 4 aromatic rings. The highest BCUT2D eigenvalue weighted by Crippen LogP contribution is 2.26. The maximum atomic E-state index is 13.9. The van der Waals surface area contributed by atoms with Crippen molar-refractivity contribution in [3.8, 4) is 17.0 Å². The molecule has 0 N–H and O–H groups in total. The van der Waals surface area contributed by atoms with Crippen LogP contribution in [0.4, 0.5) is 4.39 Å². The lowest BCUT2D eigenvalue weighted by Gasteiger charge is -2.06. The lowest BCUT2D eigenvalue weighted by Crippen LogP contribution is -1.96. The van der Waals surface area contributed by atoms with Gasteiger partial charge in [0.1, 0.15) is 0 Å². The fourth-order valence-electron chi connectivity index (χ4n) is 2.80. The summed E-state index contributed by atoms with van der Waals surface area (Å²) in [7, 11) is 1.44. The summed E-state index contributed by atoms with van der Waals surface area (Å²) in [6, 6.07) is 8.70. The van der Waals surface area contributed by atoms with Gasteiger partial charge in [-0.3, -0.25) is 9.67 Å². The summed E-state index contributed by atoms with van der Waals surface area (Å²) < 4.78 is 20.8. The Hall–Kier alpha value is -3.02. The quantitative estimate of drug-likeness (QED) is 0.575. The molecule has 0 unspecified atom stereocenters. The second-order valence-electron chi connectivity index (χ2n) is 5.46. The van der Waals surface area contributed by atoms with Gasteiger partial charge in [0, 0.05) is 17.5 Å². The first-order chi connectivity index (χ1) is 11.7. The Balaban J connectivity index is 1.87. The maximum absolute atomic E-state index is 13.9. The molecule has 0 bridgehead atoms. The molecule has 2 heterocycles. The van der Waals surface area contributed by atoms with Gasteiger partial charge < -0.3 is 4.74 Å². The minimum Gasteiger partial charge on any atom is -0.494 e. The molecule has 4 rings (SSSR count). The molecule has 6 heteroatoms. The Bertz CT molecular complexity index is 1060. The van der Waals surface area contributed by atoms with Gasteiger partial charge in [0.15, 0.2) is 11.6 Å². The van der Waals surface area contributed by atoms with Crippen molar-refractivity contribution in [2.24, 2.45) is 0 Å². The molecule has 5 nitrogen and oxygen atoms in total. The molecule has 2 aromatic heterocycles. The van der Waals surface area contributed by atoms with Crippen molar-refractivity contribution in [2.45, 2.75) is 13.5 Å². The first-order valence-electron chi connectivity index (χ1n) is 7.66. The number of nitrogens with zero attached hydrogens (tertiary/aromatic N) is 4. The summed E-state index contributed by atoms with van der Waals surface area (Å²) in [4.78, 5) is 9.10. The molecule has 0 aliphatic rings. The summed E-state index contributed by atoms with van der Waals surface area (Å²) in [6.45, 7) is 2.82. The summed E-state index contributed by atoms with van der Waals surface area (Å²) in [5, 5.41) is 5.38. The second-order valence-corrected chi connectivity index (χ2v) is 5.46. The Morgan fingerprint density at radius 1 is 1.12 bits per heavy atom. The minimum atomic E-state index is -0.420. The first kappa shape index (κ1) is 14.6. The monoisotopic (exact) mass is 322 g/mol. The zero-order chi connectivity index (χ0) is 16.7. The summed E-state index contributed by atoms with van der Waals surface area (Å²) in [5.41, 5.74) is 3.83. The van der Waals surface area contributed by atoms with Gasteiger partial charge in [0.25, 0.3) is 0 Å². The average Bonchev–Trinajstić information content (AvgIpc) is 3.01. The molecule has 120 valence electrons. The number of aryl methyl sites for hydroxylation is 1. The van der Waals surface area contributed by atoms with Gasteiger partial charge >= 0.3 is 0 Å². The van der Waals surface area contributed by atoms with E-state index in [2.05, 4.69) is 15.1 Å². The number of aromatic nitrogens is 4. The van der Waals surface area contributed by atoms with E-state index in [1.54, 1.807) is 18.3 Å². The number of ether oxygens (including phenoxy) is 1. The topological polar surface area (TPSA) is 52.8 Å². The van der Waals surface area contributed by atoms with E-state index in [9.17, 15) is 4.39 Å². The molecule has 0 spiro atoms. The van der Waals surface area contributed by atoms with Gasteiger partial charge in [-0.25, -0.2) is 9.37 Å². The van der Waals surface area contributed by atoms with Crippen LogP contribution in [0.15, 0.2) is 42.7 Å². The van der Waals surface area contributed by atoms with Crippen LogP contribution in [0.5, 0.6) is 5.75 Å². The van der Waals surface area contributed by atoms with Crippen LogP contribution in [-0.4, -0.2) is 26.9 Å². The van der Waals surface area contributed by atoms with Crippen LogP contribution in [0.25, 0.3) is 33.2 Å².